The van der Waals surface area contributed by atoms with Gasteiger partial charge in [-0.3, -0.25) is 9.69 Å². The molecule has 1 amide bonds. The highest BCUT2D eigenvalue weighted by atomic mass is 35.5. The third-order valence-electron chi connectivity index (χ3n) is 3.41. The number of likely N-dealkylation sites (N-methyl/N-ethyl adjacent to an activating group) is 1. The van der Waals surface area contributed by atoms with Gasteiger partial charge in [-0.15, -0.1) is 12.4 Å². The lowest BCUT2D eigenvalue weighted by Gasteiger charge is -2.28. The number of nitrogens with one attached hydrogen (secondary N) is 2. The van der Waals surface area contributed by atoms with Gasteiger partial charge in [-0.2, -0.15) is 0 Å². The van der Waals surface area contributed by atoms with E-state index in [1.165, 1.54) is 0 Å². The number of carbonyl (C=O) groups is 1. The molecule has 1 atom stereocenters. The number of halogens is 1. The van der Waals surface area contributed by atoms with E-state index in [-0.39, 0.29) is 23.9 Å². The van der Waals surface area contributed by atoms with E-state index in [4.69, 9.17) is 0 Å². The minimum Gasteiger partial charge on any atom is -0.350 e. The molecule has 5 heteroatoms. The summed E-state index contributed by atoms with van der Waals surface area (Å²) in [5.41, 5.74) is -0.0914. The van der Waals surface area contributed by atoms with Crippen molar-refractivity contribution in [2.24, 2.45) is 0 Å². The van der Waals surface area contributed by atoms with Crippen LogP contribution in [-0.2, 0) is 4.79 Å². The molecule has 0 spiro atoms. The van der Waals surface area contributed by atoms with Crippen molar-refractivity contribution < 1.29 is 4.79 Å². The molecule has 0 bridgehead atoms. The smallest absolute Gasteiger partial charge is 0.234 e. The number of hydrogen-bond donors (Lipinski definition) is 2. The molecule has 0 aromatic carbocycles. The maximum absolute atomic E-state index is 11.8. The minimum absolute atomic E-state index is 0. The molecule has 0 aromatic heterocycles. The second-order valence-electron chi connectivity index (χ2n) is 5.35. The summed E-state index contributed by atoms with van der Waals surface area (Å²) >= 11 is 0. The molecular weight excluding hydrogens is 238 g/mol. The first kappa shape index (κ1) is 16.7. The third kappa shape index (κ3) is 5.70. The summed E-state index contributed by atoms with van der Waals surface area (Å²) in [5, 5.41) is 6.37. The van der Waals surface area contributed by atoms with E-state index >= 15 is 0 Å². The second kappa shape index (κ2) is 7.19. The van der Waals surface area contributed by atoms with E-state index in [9.17, 15) is 4.79 Å². The molecular formula is C12H26ClN3O. The first-order chi connectivity index (χ1) is 7.44. The highest BCUT2D eigenvalue weighted by molar-refractivity contribution is 5.85. The molecule has 1 aliphatic rings. The molecule has 0 radical (unpaired) electrons. The molecule has 2 N–H and O–H groups in total. The highest BCUT2D eigenvalue weighted by Gasteiger charge is 2.23. The SMILES string of the molecule is CCC(C)(C)NC(=O)CN(C)C1CCNC1.Cl. The zero-order valence-corrected chi connectivity index (χ0v) is 12.2. The molecule has 102 valence electrons. The van der Waals surface area contributed by atoms with Gasteiger partial charge in [0.1, 0.15) is 0 Å². The Morgan fingerprint density at radius 2 is 2.18 bits per heavy atom. The lowest BCUT2D eigenvalue weighted by molar-refractivity contribution is -0.124. The number of amides is 1. The number of rotatable bonds is 5. The van der Waals surface area contributed by atoms with E-state index < -0.39 is 0 Å². The van der Waals surface area contributed by atoms with Crippen LogP contribution >= 0.6 is 12.4 Å². The molecule has 1 saturated heterocycles. The quantitative estimate of drug-likeness (QED) is 0.778. The topological polar surface area (TPSA) is 44.4 Å². The molecule has 0 aliphatic carbocycles. The Hall–Kier alpha value is -0.320. The predicted molar refractivity (Wildman–Crippen MR) is 73.7 cm³/mol. The summed E-state index contributed by atoms with van der Waals surface area (Å²) in [6, 6.07) is 0.510. The average Bonchev–Trinajstić information content (AvgIpc) is 2.69. The van der Waals surface area contributed by atoms with Gasteiger partial charge in [0.15, 0.2) is 0 Å². The van der Waals surface area contributed by atoms with Gasteiger partial charge in [-0.1, -0.05) is 6.92 Å². The van der Waals surface area contributed by atoms with Crippen molar-refractivity contribution in [2.45, 2.75) is 45.2 Å². The van der Waals surface area contributed by atoms with Crippen LogP contribution in [-0.4, -0.2) is 49.1 Å². The van der Waals surface area contributed by atoms with Crippen molar-refractivity contribution in [3.8, 4) is 0 Å². The third-order valence-corrected chi connectivity index (χ3v) is 3.41. The molecule has 1 rings (SSSR count). The summed E-state index contributed by atoms with van der Waals surface area (Å²) in [4.78, 5) is 14.0. The first-order valence-corrected chi connectivity index (χ1v) is 6.16. The van der Waals surface area contributed by atoms with Gasteiger partial charge in [0.05, 0.1) is 6.54 Å². The van der Waals surface area contributed by atoms with Crippen molar-refractivity contribution in [3.63, 3.8) is 0 Å². The van der Waals surface area contributed by atoms with Crippen LogP contribution in [0.1, 0.15) is 33.6 Å². The average molecular weight is 264 g/mol. The molecule has 1 unspecified atom stereocenters. The van der Waals surface area contributed by atoms with E-state index in [1.54, 1.807) is 0 Å². The molecule has 0 saturated carbocycles. The van der Waals surface area contributed by atoms with Crippen LogP contribution in [0.3, 0.4) is 0 Å². The van der Waals surface area contributed by atoms with Crippen LogP contribution in [0.2, 0.25) is 0 Å². The monoisotopic (exact) mass is 263 g/mol. The van der Waals surface area contributed by atoms with Crippen LogP contribution in [0, 0.1) is 0 Å². The fourth-order valence-electron chi connectivity index (χ4n) is 1.88. The van der Waals surface area contributed by atoms with Crippen LogP contribution < -0.4 is 10.6 Å². The Kier molecular flexibility index (Phi) is 7.05. The highest BCUT2D eigenvalue weighted by Crippen LogP contribution is 2.08. The van der Waals surface area contributed by atoms with Crippen LogP contribution in [0.4, 0.5) is 0 Å². The van der Waals surface area contributed by atoms with Crippen molar-refractivity contribution in [1.82, 2.24) is 15.5 Å². The second-order valence-corrected chi connectivity index (χ2v) is 5.35. The normalized spacial score (nSPS) is 20.2. The van der Waals surface area contributed by atoms with Crippen molar-refractivity contribution in [1.29, 1.82) is 0 Å². The van der Waals surface area contributed by atoms with E-state index in [1.807, 2.05) is 7.05 Å². The minimum atomic E-state index is -0.0914. The Balaban J connectivity index is 0.00000256. The summed E-state index contributed by atoms with van der Waals surface area (Å²) in [6.45, 7) is 8.77. The molecule has 0 aromatic rings. The largest absolute Gasteiger partial charge is 0.350 e. The van der Waals surface area contributed by atoms with Gasteiger partial charge in [0.25, 0.3) is 0 Å². The van der Waals surface area contributed by atoms with Gasteiger partial charge >= 0.3 is 0 Å². The Bertz CT molecular complexity index is 240. The van der Waals surface area contributed by atoms with Gasteiger partial charge in [-0.25, -0.2) is 0 Å². The lowest BCUT2D eigenvalue weighted by atomic mass is 10.0. The molecule has 1 aliphatic heterocycles. The van der Waals surface area contributed by atoms with Crippen molar-refractivity contribution in [3.05, 3.63) is 0 Å². The first-order valence-electron chi connectivity index (χ1n) is 6.16. The maximum Gasteiger partial charge on any atom is 0.234 e. The lowest BCUT2D eigenvalue weighted by Crippen LogP contribution is -2.48. The molecule has 4 nitrogen and oxygen atoms in total. The fraction of sp³-hybridized carbons (Fsp3) is 0.917. The van der Waals surface area contributed by atoms with Crippen LogP contribution in [0.15, 0.2) is 0 Å². The van der Waals surface area contributed by atoms with Crippen molar-refractivity contribution in [2.75, 3.05) is 26.7 Å². The number of nitrogens with zero attached hydrogens (tertiary/aromatic N) is 1. The number of carbonyl (C=O) groups excluding carboxylic acids is 1. The van der Waals surface area contributed by atoms with E-state index in [0.29, 0.717) is 12.6 Å². The standard InChI is InChI=1S/C12H25N3O.ClH/c1-5-12(2,3)14-11(16)9-15(4)10-6-7-13-8-10;/h10,13H,5-9H2,1-4H3,(H,14,16);1H. The zero-order chi connectivity index (χ0) is 12.2. The molecule has 1 fully saturated rings. The van der Waals surface area contributed by atoms with Gasteiger partial charge in [0.2, 0.25) is 5.91 Å². The Morgan fingerprint density at radius 1 is 1.53 bits per heavy atom. The molecule has 17 heavy (non-hydrogen) atoms. The van der Waals surface area contributed by atoms with Crippen molar-refractivity contribution >= 4 is 18.3 Å². The molecule has 1 heterocycles. The number of hydrogen-bond acceptors (Lipinski definition) is 3. The summed E-state index contributed by atoms with van der Waals surface area (Å²) in [7, 11) is 2.02. The van der Waals surface area contributed by atoms with Crippen LogP contribution in [0.25, 0.3) is 0 Å². The maximum atomic E-state index is 11.8. The van der Waals surface area contributed by atoms with Crippen LogP contribution in [0.5, 0.6) is 0 Å². The van der Waals surface area contributed by atoms with E-state index in [0.717, 1.165) is 25.9 Å². The van der Waals surface area contributed by atoms with E-state index in [2.05, 4.69) is 36.3 Å². The van der Waals surface area contributed by atoms with Gasteiger partial charge in [0, 0.05) is 18.1 Å². The Labute approximate surface area is 111 Å². The predicted octanol–water partition coefficient (Wildman–Crippen LogP) is 1.01. The summed E-state index contributed by atoms with van der Waals surface area (Å²) < 4.78 is 0. The van der Waals surface area contributed by atoms with Gasteiger partial charge in [-0.05, 0) is 40.3 Å². The Morgan fingerprint density at radius 3 is 2.65 bits per heavy atom. The fourth-order valence-corrected chi connectivity index (χ4v) is 1.88. The zero-order valence-electron chi connectivity index (χ0n) is 11.4. The summed E-state index contributed by atoms with van der Waals surface area (Å²) in [6.07, 6.45) is 2.09. The van der Waals surface area contributed by atoms with Gasteiger partial charge < -0.3 is 10.6 Å². The summed E-state index contributed by atoms with van der Waals surface area (Å²) in [5.74, 6) is 0.126.